The van der Waals surface area contributed by atoms with Crippen molar-refractivity contribution in [3.8, 4) is 17.2 Å². The number of carbonyl (C=O) groups excluding carboxylic acids is 3. The minimum atomic E-state index is -0.730. The lowest BCUT2D eigenvalue weighted by atomic mass is 10.2. The Labute approximate surface area is 171 Å². The minimum absolute atomic E-state index is 0.340. The third-order valence-electron chi connectivity index (χ3n) is 3.67. The molecule has 156 valence electrons. The Morgan fingerprint density at radius 2 is 1.66 bits per heavy atom. The number of esters is 1. The summed E-state index contributed by atoms with van der Waals surface area (Å²) < 4.78 is 20.5. The van der Waals surface area contributed by atoms with Crippen LogP contribution in [0.25, 0.3) is 0 Å². The van der Waals surface area contributed by atoms with Crippen molar-refractivity contribution in [2.24, 2.45) is 0 Å². The Balaban J connectivity index is 1.84. The van der Waals surface area contributed by atoms with Gasteiger partial charge in [0.05, 0.1) is 26.2 Å². The zero-order valence-electron chi connectivity index (χ0n) is 16.5. The van der Waals surface area contributed by atoms with E-state index < -0.39 is 18.5 Å². The number of nitrogens with one attached hydrogen (secondary N) is 2. The monoisotopic (exact) mass is 422 g/mol. The van der Waals surface area contributed by atoms with Crippen LogP contribution in [0.1, 0.15) is 14.5 Å². The highest BCUT2D eigenvalue weighted by atomic mass is 32.1. The molecule has 0 spiro atoms. The Hall–Kier alpha value is -3.27. The molecule has 10 heteroatoms. The van der Waals surface area contributed by atoms with E-state index in [4.69, 9.17) is 18.9 Å². The van der Waals surface area contributed by atoms with Crippen molar-refractivity contribution >= 4 is 34.8 Å². The van der Waals surface area contributed by atoms with E-state index in [1.807, 2.05) is 13.0 Å². The van der Waals surface area contributed by atoms with Crippen LogP contribution in [-0.4, -0.2) is 52.3 Å². The van der Waals surface area contributed by atoms with E-state index in [1.165, 1.54) is 32.7 Å². The van der Waals surface area contributed by atoms with Crippen LogP contribution < -0.4 is 24.8 Å². The molecule has 0 saturated carbocycles. The molecule has 0 saturated heterocycles. The summed E-state index contributed by atoms with van der Waals surface area (Å²) in [7, 11) is 4.38. The maximum absolute atomic E-state index is 12.0. The van der Waals surface area contributed by atoms with Gasteiger partial charge in [0.25, 0.3) is 11.8 Å². The summed E-state index contributed by atoms with van der Waals surface area (Å²) in [6.07, 6.45) is 0. The van der Waals surface area contributed by atoms with Crippen molar-refractivity contribution in [1.29, 1.82) is 0 Å². The zero-order chi connectivity index (χ0) is 21.4. The number of aryl methyl sites for hydroxylation is 1. The van der Waals surface area contributed by atoms with Crippen molar-refractivity contribution in [3.05, 3.63) is 34.0 Å². The van der Waals surface area contributed by atoms with Crippen LogP contribution in [0.4, 0.5) is 5.69 Å². The van der Waals surface area contributed by atoms with Gasteiger partial charge in [0, 0.05) is 22.7 Å². The maximum atomic E-state index is 12.0. The molecule has 0 atom stereocenters. The molecule has 1 heterocycles. The van der Waals surface area contributed by atoms with E-state index in [0.29, 0.717) is 27.8 Å². The van der Waals surface area contributed by atoms with Crippen molar-refractivity contribution in [2.75, 3.05) is 39.8 Å². The number of benzene rings is 1. The van der Waals surface area contributed by atoms with Gasteiger partial charge in [-0.05, 0) is 19.1 Å². The Bertz CT molecular complexity index is 869. The van der Waals surface area contributed by atoms with E-state index in [2.05, 4.69) is 10.6 Å². The summed E-state index contributed by atoms with van der Waals surface area (Å²) in [6, 6.07) is 6.57. The molecule has 1 aromatic heterocycles. The molecule has 1 aromatic carbocycles. The molecule has 0 aliphatic heterocycles. The number of amides is 2. The molecule has 0 bridgehead atoms. The molecular formula is C19H22N2O7S. The van der Waals surface area contributed by atoms with Crippen molar-refractivity contribution in [1.82, 2.24) is 5.32 Å². The second-order valence-corrected chi connectivity index (χ2v) is 7.00. The van der Waals surface area contributed by atoms with Crippen molar-refractivity contribution < 1.29 is 33.3 Å². The van der Waals surface area contributed by atoms with Gasteiger partial charge in [-0.15, -0.1) is 11.3 Å². The number of hydrogen-bond acceptors (Lipinski definition) is 8. The van der Waals surface area contributed by atoms with E-state index in [1.54, 1.807) is 18.2 Å². The fraction of sp³-hybridized carbons (Fsp3) is 0.316. The summed E-state index contributed by atoms with van der Waals surface area (Å²) in [6.45, 7) is 1.03. The van der Waals surface area contributed by atoms with Crippen LogP contribution in [-0.2, 0) is 14.3 Å². The Morgan fingerprint density at radius 1 is 1.00 bits per heavy atom. The standard InChI is InChI=1S/C19H22N2O7S/c1-11-5-6-15(29-11)19(24)20-9-17(23)28-10-16(22)21-12-7-13(25-2)18(27-4)14(8-12)26-3/h5-8H,9-10H2,1-4H3,(H,20,24)(H,21,22). The molecular weight excluding hydrogens is 400 g/mol. The van der Waals surface area contributed by atoms with Gasteiger partial charge in [-0.25, -0.2) is 0 Å². The number of methoxy groups -OCH3 is 3. The number of hydrogen-bond donors (Lipinski definition) is 2. The summed E-state index contributed by atoms with van der Waals surface area (Å²) in [5, 5.41) is 5.02. The maximum Gasteiger partial charge on any atom is 0.325 e. The number of thiophene rings is 1. The molecule has 2 amide bonds. The molecule has 29 heavy (non-hydrogen) atoms. The molecule has 0 radical (unpaired) electrons. The normalized spacial score (nSPS) is 10.1. The topological polar surface area (TPSA) is 112 Å². The highest BCUT2D eigenvalue weighted by molar-refractivity contribution is 7.13. The summed E-state index contributed by atoms with van der Waals surface area (Å²) in [5.41, 5.74) is 0.377. The van der Waals surface area contributed by atoms with Crippen LogP contribution in [0.15, 0.2) is 24.3 Å². The van der Waals surface area contributed by atoms with Crippen molar-refractivity contribution in [2.45, 2.75) is 6.92 Å². The molecule has 0 unspecified atom stereocenters. The first-order chi connectivity index (χ1) is 13.9. The second-order valence-electron chi connectivity index (χ2n) is 5.72. The van der Waals surface area contributed by atoms with Crippen LogP contribution in [0, 0.1) is 6.92 Å². The molecule has 2 N–H and O–H groups in total. The van der Waals surface area contributed by atoms with Crippen molar-refractivity contribution in [3.63, 3.8) is 0 Å². The van der Waals surface area contributed by atoms with Gasteiger partial charge >= 0.3 is 5.97 Å². The molecule has 0 aliphatic carbocycles. The highest BCUT2D eigenvalue weighted by Gasteiger charge is 2.16. The van der Waals surface area contributed by atoms with E-state index >= 15 is 0 Å². The first-order valence-electron chi connectivity index (χ1n) is 8.48. The second kappa shape index (κ2) is 10.3. The zero-order valence-corrected chi connectivity index (χ0v) is 17.3. The Kier molecular flexibility index (Phi) is 7.84. The predicted octanol–water partition coefficient (Wildman–Crippen LogP) is 1.99. The van der Waals surface area contributed by atoms with Gasteiger partial charge in [-0.1, -0.05) is 0 Å². The molecule has 9 nitrogen and oxygen atoms in total. The fourth-order valence-electron chi connectivity index (χ4n) is 2.34. The summed E-state index contributed by atoms with van der Waals surface area (Å²) in [4.78, 5) is 37.2. The van der Waals surface area contributed by atoms with E-state index in [9.17, 15) is 14.4 Å². The smallest absolute Gasteiger partial charge is 0.325 e. The van der Waals surface area contributed by atoms with Gasteiger partial charge in [-0.3, -0.25) is 14.4 Å². The summed E-state index contributed by atoms with van der Waals surface area (Å²) in [5.74, 6) is -0.547. The van der Waals surface area contributed by atoms with Gasteiger partial charge in [0.15, 0.2) is 18.1 Å². The third kappa shape index (κ3) is 6.11. The molecule has 0 aliphatic rings. The largest absolute Gasteiger partial charge is 0.493 e. The van der Waals surface area contributed by atoms with Gasteiger partial charge < -0.3 is 29.6 Å². The SMILES string of the molecule is COc1cc(NC(=O)COC(=O)CNC(=O)c2ccc(C)s2)cc(OC)c1OC. The lowest BCUT2D eigenvalue weighted by Crippen LogP contribution is -2.31. The van der Waals surface area contributed by atoms with E-state index in [-0.39, 0.29) is 12.5 Å². The van der Waals surface area contributed by atoms with Gasteiger partial charge in [0.2, 0.25) is 5.75 Å². The van der Waals surface area contributed by atoms with Crippen LogP contribution in [0.2, 0.25) is 0 Å². The molecule has 0 fully saturated rings. The van der Waals surface area contributed by atoms with Crippen LogP contribution in [0.5, 0.6) is 17.2 Å². The minimum Gasteiger partial charge on any atom is -0.493 e. The quantitative estimate of drug-likeness (QED) is 0.595. The van der Waals surface area contributed by atoms with Gasteiger partial charge in [0.1, 0.15) is 6.54 Å². The molecule has 2 aromatic rings. The number of anilines is 1. The first-order valence-corrected chi connectivity index (χ1v) is 9.29. The summed E-state index contributed by atoms with van der Waals surface area (Å²) >= 11 is 1.32. The average molecular weight is 422 g/mol. The number of rotatable bonds is 9. The third-order valence-corrected chi connectivity index (χ3v) is 4.67. The highest BCUT2D eigenvalue weighted by Crippen LogP contribution is 2.39. The number of ether oxygens (including phenoxy) is 4. The lowest BCUT2D eigenvalue weighted by Gasteiger charge is -2.14. The fourth-order valence-corrected chi connectivity index (χ4v) is 3.13. The Morgan fingerprint density at radius 3 is 2.17 bits per heavy atom. The van der Waals surface area contributed by atoms with Gasteiger partial charge in [-0.2, -0.15) is 0 Å². The van der Waals surface area contributed by atoms with Crippen LogP contribution in [0.3, 0.4) is 0 Å². The lowest BCUT2D eigenvalue weighted by molar-refractivity contribution is -0.146. The van der Waals surface area contributed by atoms with E-state index in [0.717, 1.165) is 4.88 Å². The first kappa shape index (κ1) is 22.0. The average Bonchev–Trinajstić information content (AvgIpc) is 3.15. The number of carbonyl (C=O) groups is 3. The molecule has 2 rings (SSSR count). The predicted molar refractivity (Wildman–Crippen MR) is 107 cm³/mol. The van der Waals surface area contributed by atoms with Crippen LogP contribution >= 0.6 is 11.3 Å².